The zero-order valence-electron chi connectivity index (χ0n) is 17.5. The van der Waals surface area contributed by atoms with Crippen molar-refractivity contribution in [1.82, 2.24) is 0 Å². The van der Waals surface area contributed by atoms with Crippen LogP contribution in [0.15, 0.2) is 36.9 Å². The average molecular weight is 405 g/mol. The number of hydrogen-bond acceptors (Lipinski definition) is 2. The molecular formula is C25H34F2O2. The molecule has 2 aliphatic rings. The SMILES string of the molecule is C=CC1CCC(C2CCC(COc3ccc(OC/C=C/C)c(F)c3F)CC2)CC1. The molecule has 0 aliphatic heterocycles. The predicted molar refractivity (Wildman–Crippen MR) is 113 cm³/mol. The van der Waals surface area contributed by atoms with Gasteiger partial charge in [-0.1, -0.05) is 18.2 Å². The standard InChI is InChI=1S/C25H34F2O2/c1-3-5-16-28-22-14-15-23(25(27)24(22)26)29-17-19-8-12-21(13-9-19)20-10-6-18(4-2)7-11-20/h3-5,14-15,18-21H,2,6-13,16-17H2,1H3/b5-3+. The van der Waals surface area contributed by atoms with E-state index in [1.165, 1.54) is 50.7 Å². The number of halogens is 2. The van der Waals surface area contributed by atoms with Gasteiger partial charge >= 0.3 is 0 Å². The summed E-state index contributed by atoms with van der Waals surface area (Å²) >= 11 is 0. The second-order valence-corrected chi connectivity index (χ2v) is 8.57. The van der Waals surface area contributed by atoms with Gasteiger partial charge in [0.1, 0.15) is 6.61 Å². The molecule has 29 heavy (non-hydrogen) atoms. The number of ether oxygens (including phenoxy) is 2. The number of rotatable bonds is 8. The maximum absolute atomic E-state index is 14.3. The van der Waals surface area contributed by atoms with Gasteiger partial charge in [-0.3, -0.25) is 0 Å². The molecule has 2 saturated carbocycles. The Hall–Kier alpha value is -1.84. The first-order valence-corrected chi connectivity index (χ1v) is 11.1. The second-order valence-electron chi connectivity index (χ2n) is 8.57. The fourth-order valence-corrected chi connectivity index (χ4v) is 4.86. The molecule has 0 spiro atoms. The Bertz CT molecular complexity index is 684. The van der Waals surface area contributed by atoms with Crippen LogP contribution in [0.2, 0.25) is 0 Å². The number of allylic oxidation sites excluding steroid dienone is 2. The van der Waals surface area contributed by atoms with Crippen molar-refractivity contribution in [3.05, 3.63) is 48.6 Å². The summed E-state index contributed by atoms with van der Waals surface area (Å²) in [6.45, 7) is 6.45. The van der Waals surface area contributed by atoms with E-state index < -0.39 is 11.6 Å². The van der Waals surface area contributed by atoms with E-state index in [0.29, 0.717) is 18.4 Å². The third kappa shape index (κ3) is 5.83. The molecule has 1 aromatic carbocycles. The van der Waals surface area contributed by atoms with Gasteiger partial charge in [0.15, 0.2) is 11.5 Å². The summed E-state index contributed by atoms with van der Waals surface area (Å²) in [5.74, 6) is 0.761. The van der Waals surface area contributed by atoms with Gasteiger partial charge in [0.2, 0.25) is 11.6 Å². The maximum Gasteiger partial charge on any atom is 0.204 e. The summed E-state index contributed by atoms with van der Waals surface area (Å²) in [5.41, 5.74) is 0. The molecule has 3 rings (SSSR count). The van der Waals surface area contributed by atoms with E-state index in [9.17, 15) is 8.78 Å². The number of hydrogen-bond donors (Lipinski definition) is 0. The minimum Gasteiger partial charge on any atom is -0.490 e. The highest BCUT2D eigenvalue weighted by atomic mass is 19.2. The van der Waals surface area contributed by atoms with Gasteiger partial charge in [0.25, 0.3) is 0 Å². The molecule has 0 atom stereocenters. The van der Waals surface area contributed by atoms with E-state index in [4.69, 9.17) is 9.47 Å². The van der Waals surface area contributed by atoms with Crippen LogP contribution in [0.25, 0.3) is 0 Å². The van der Waals surface area contributed by atoms with Crippen LogP contribution in [-0.2, 0) is 0 Å². The molecule has 0 heterocycles. The van der Waals surface area contributed by atoms with E-state index in [0.717, 1.165) is 24.7 Å². The lowest BCUT2D eigenvalue weighted by Crippen LogP contribution is -2.27. The molecule has 2 aliphatic carbocycles. The van der Waals surface area contributed by atoms with Crippen LogP contribution in [0.3, 0.4) is 0 Å². The lowest BCUT2D eigenvalue weighted by atomic mass is 9.69. The first kappa shape index (κ1) is 21.9. The third-order valence-corrected chi connectivity index (χ3v) is 6.76. The highest BCUT2D eigenvalue weighted by molar-refractivity contribution is 5.35. The van der Waals surface area contributed by atoms with Crippen LogP contribution in [0.4, 0.5) is 8.78 Å². The van der Waals surface area contributed by atoms with Crippen LogP contribution in [-0.4, -0.2) is 13.2 Å². The van der Waals surface area contributed by atoms with Gasteiger partial charge in [-0.05, 0) is 94.1 Å². The van der Waals surface area contributed by atoms with Crippen LogP contribution in [0.5, 0.6) is 11.5 Å². The summed E-state index contributed by atoms with van der Waals surface area (Å²) in [4.78, 5) is 0. The Balaban J connectivity index is 1.44. The summed E-state index contributed by atoms with van der Waals surface area (Å²) < 4.78 is 39.3. The predicted octanol–water partition coefficient (Wildman–Crippen LogP) is 7.10. The lowest BCUT2D eigenvalue weighted by Gasteiger charge is -2.37. The summed E-state index contributed by atoms with van der Waals surface area (Å²) in [6.07, 6.45) is 15.6. The molecule has 2 nitrogen and oxygen atoms in total. The van der Waals surface area contributed by atoms with E-state index in [1.807, 2.05) is 6.92 Å². The molecule has 0 bridgehead atoms. The molecule has 0 amide bonds. The molecule has 4 heteroatoms. The molecule has 0 saturated heterocycles. The Morgan fingerprint density at radius 2 is 1.45 bits per heavy atom. The lowest BCUT2D eigenvalue weighted by molar-refractivity contribution is 0.127. The zero-order chi connectivity index (χ0) is 20.6. The molecule has 1 aromatic rings. The molecule has 2 fully saturated rings. The van der Waals surface area contributed by atoms with Crippen molar-refractivity contribution in [2.24, 2.45) is 23.7 Å². The van der Waals surface area contributed by atoms with Crippen molar-refractivity contribution in [2.75, 3.05) is 13.2 Å². The van der Waals surface area contributed by atoms with Gasteiger partial charge in [-0.15, -0.1) is 6.58 Å². The molecule has 0 aromatic heterocycles. The van der Waals surface area contributed by atoms with Gasteiger partial charge in [0, 0.05) is 0 Å². The number of benzene rings is 1. The minimum atomic E-state index is -0.981. The van der Waals surface area contributed by atoms with Crippen molar-refractivity contribution in [3.8, 4) is 11.5 Å². The van der Waals surface area contributed by atoms with Crippen molar-refractivity contribution in [2.45, 2.75) is 58.3 Å². The Kier molecular flexibility index (Phi) is 8.14. The summed E-state index contributed by atoms with van der Waals surface area (Å²) in [5, 5.41) is 0. The Labute approximate surface area is 174 Å². The van der Waals surface area contributed by atoms with Crippen molar-refractivity contribution >= 4 is 0 Å². The molecule has 0 unspecified atom stereocenters. The quantitative estimate of drug-likeness (QED) is 0.430. The first-order valence-electron chi connectivity index (χ1n) is 11.1. The topological polar surface area (TPSA) is 18.5 Å². The van der Waals surface area contributed by atoms with Gasteiger partial charge in [0.05, 0.1) is 6.61 Å². The van der Waals surface area contributed by atoms with Crippen molar-refractivity contribution < 1.29 is 18.3 Å². The van der Waals surface area contributed by atoms with E-state index in [2.05, 4.69) is 12.7 Å². The van der Waals surface area contributed by atoms with Crippen LogP contribution >= 0.6 is 0 Å². The summed E-state index contributed by atoms with van der Waals surface area (Å²) in [6, 6.07) is 2.90. The Morgan fingerprint density at radius 3 is 2.00 bits per heavy atom. The van der Waals surface area contributed by atoms with Gasteiger partial charge in [-0.2, -0.15) is 8.78 Å². The molecule has 0 radical (unpaired) electrons. The second kappa shape index (κ2) is 10.8. The molecular weight excluding hydrogens is 370 g/mol. The van der Waals surface area contributed by atoms with Crippen LogP contribution < -0.4 is 9.47 Å². The third-order valence-electron chi connectivity index (χ3n) is 6.76. The fourth-order valence-electron chi connectivity index (χ4n) is 4.86. The highest BCUT2D eigenvalue weighted by Gasteiger charge is 2.30. The van der Waals surface area contributed by atoms with Crippen molar-refractivity contribution in [1.29, 1.82) is 0 Å². The smallest absolute Gasteiger partial charge is 0.204 e. The van der Waals surface area contributed by atoms with Crippen LogP contribution in [0, 0.1) is 35.3 Å². The average Bonchev–Trinajstić information content (AvgIpc) is 2.77. The fraction of sp³-hybridized carbons (Fsp3) is 0.600. The maximum atomic E-state index is 14.3. The van der Waals surface area contributed by atoms with E-state index in [-0.39, 0.29) is 18.1 Å². The minimum absolute atomic E-state index is 0.0224. The molecule has 0 N–H and O–H groups in total. The largest absolute Gasteiger partial charge is 0.490 e. The molecule has 160 valence electrons. The zero-order valence-corrected chi connectivity index (χ0v) is 17.5. The van der Waals surface area contributed by atoms with Gasteiger partial charge < -0.3 is 9.47 Å². The van der Waals surface area contributed by atoms with E-state index >= 15 is 0 Å². The van der Waals surface area contributed by atoms with Crippen LogP contribution in [0.1, 0.15) is 58.3 Å². The highest BCUT2D eigenvalue weighted by Crippen LogP contribution is 2.41. The Morgan fingerprint density at radius 1 is 0.897 bits per heavy atom. The summed E-state index contributed by atoms with van der Waals surface area (Å²) in [7, 11) is 0. The van der Waals surface area contributed by atoms with Crippen molar-refractivity contribution in [3.63, 3.8) is 0 Å². The van der Waals surface area contributed by atoms with Gasteiger partial charge in [-0.25, -0.2) is 0 Å². The van der Waals surface area contributed by atoms with E-state index in [1.54, 1.807) is 12.2 Å². The monoisotopic (exact) mass is 404 g/mol. The normalized spacial score (nSPS) is 27.7. The first-order chi connectivity index (χ1) is 14.1.